The molecule has 1 saturated carbocycles. The van der Waals surface area contributed by atoms with Crippen LogP contribution in [0.4, 0.5) is 5.69 Å². The van der Waals surface area contributed by atoms with E-state index in [0.29, 0.717) is 31.4 Å². The largest absolute Gasteiger partial charge is 0.384 e. The van der Waals surface area contributed by atoms with Crippen LogP contribution in [-0.4, -0.2) is 48.7 Å². The van der Waals surface area contributed by atoms with Crippen molar-refractivity contribution in [2.45, 2.75) is 57.4 Å². The Morgan fingerprint density at radius 1 is 1.18 bits per heavy atom. The molecule has 6 nitrogen and oxygen atoms in total. The van der Waals surface area contributed by atoms with Crippen LogP contribution in [0.15, 0.2) is 16.9 Å². The molecule has 4 rings (SSSR count). The molecule has 0 aromatic carbocycles. The smallest absolute Gasteiger partial charge is 0.274 e. The Hall–Kier alpha value is -1.82. The third kappa shape index (κ3) is 4.12. The summed E-state index contributed by atoms with van der Waals surface area (Å²) in [5.41, 5.74) is 1.94. The highest BCUT2D eigenvalue weighted by Gasteiger charge is 2.36. The van der Waals surface area contributed by atoms with E-state index in [1.54, 1.807) is 7.11 Å². The molecule has 1 aliphatic carbocycles. The first-order valence-corrected chi connectivity index (χ1v) is 10.9. The molecule has 28 heavy (non-hydrogen) atoms. The molecule has 3 aliphatic rings. The zero-order valence-corrected chi connectivity index (χ0v) is 17.0. The van der Waals surface area contributed by atoms with Crippen LogP contribution in [0.3, 0.4) is 0 Å². The summed E-state index contributed by atoms with van der Waals surface area (Å²) in [6.45, 7) is 3.57. The van der Waals surface area contributed by atoms with Crippen molar-refractivity contribution < 1.29 is 9.53 Å². The Kier molecular flexibility index (Phi) is 6.04. The SMILES string of the molecule is COCCC(=O)N1CC2CC(C1)c1ccc(NCC3CCCCC3)c(=O)n1C2. The summed E-state index contributed by atoms with van der Waals surface area (Å²) in [4.78, 5) is 27.5. The number of methoxy groups -OCH3 is 1. The summed E-state index contributed by atoms with van der Waals surface area (Å²) in [5.74, 6) is 1.49. The number of piperidine rings is 1. The number of aromatic nitrogens is 1. The lowest BCUT2D eigenvalue weighted by molar-refractivity contribution is -0.134. The van der Waals surface area contributed by atoms with Gasteiger partial charge in [0.1, 0.15) is 5.69 Å². The second kappa shape index (κ2) is 8.68. The molecule has 1 aromatic heterocycles. The van der Waals surface area contributed by atoms with E-state index in [-0.39, 0.29) is 17.4 Å². The predicted octanol–water partition coefficient (Wildman–Crippen LogP) is 2.82. The summed E-state index contributed by atoms with van der Waals surface area (Å²) < 4.78 is 7.02. The average molecular weight is 388 g/mol. The van der Waals surface area contributed by atoms with Crippen molar-refractivity contribution in [2.75, 3.05) is 38.7 Å². The first kappa shape index (κ1) is 19.5. The summed E-state index contributed by atoms with van der Waals surface area (Å²) in [6, 6.07) is 4.07. The molecule has 0 radical (unpaired) electrons. The Bertz CT molecular complexity index is 754. The van der Waals surface area contributed by atoms with E-state index in [1.165, 1.54) is 32.1 Å². The fourth-order valence-electron chi connectivity index (χ4n) is 5.28. The molecule has 2 fully saturated rings. The van der Waals surface area contributed by atoms with Crippen LogP contribution < -0.4 is 10.9 Å². The summed E-state index contributed by atoms with van der Waals surface area (Å²) in [5, 5.41) is 3.44. The Balaban J connectivity index is 1.45. The van der Waals surface area contributed by atoms with E-state index < -0.39 is 0 Å². The normalized spacial score (nSPS) is 24.7. The monoisotopic (exact) mass is 387 g/mol. The van der Waals surface area contributed by atoms with E-state index in [1.807, 2.05) is 15.5 Å². The maximum Gasteiger partial charge on any atom is 0.274 e. The molecule has 2 unspecified atom stereocenters. The molecule has 1 N–H and O–H groups in total. The zero-order chi connectivity index (χ0) is 19.5. The fourth-order valence-corrected chi connectivity index (χ4v) is 5.28. The second-order valence-corrected chi connectivity index (χ2v) is 8.81. The number of amides is 1. The van der Waals surface area contributed by atoms with Crippen LogP contribution in [0.1, 0.15) is 56.6 Å². The van der Waals surface area contributed by atoms with E-state index >= 15 is 0 Å². The number of rotatable bonds is 6. The van der Waals surface area contributed by atoms with Crippen LogP contribution in [-0.2, 0) is 16.1 Å². The molecule has 2 aliphatic heterocycles. The minimum absolute atomic E-state index is 0.113. The molecule has 1 saturated heterocycles. The number of hydrogen-bond acceptors (Lipinski definition) is 4. The lowest BCUT2D eigenvalue weighted by atomic mass is 9.83. The van der Waals surface area contributed by atoms with Crippen LogP contribution in [0.5, 0.6) is 0 Å². The lowest BCUT2D eigenvalue weighted by Gasteiger charge is -2.43. The number of likely N-dealkylation sites (tertiary alicyclic amines) is 1. The van der Waals surface area contributed by atoms with Gasteiger partial charge >= 0.3 is 0 Å². The third-order valence-corrected chi connectivity index (χ3v) is 6.78. The number of carbonyl (C=O) groups excluding carboxylic acids is 1. The Morgan fingerprint density at radius 2 is 2.00 bits per heavy atom. The van der Waals surface area contributed by atoms with Gasteiger partial charge in [-0.25, -0.2) is 0 Å². The van der Waals surface area contributed by atoms with Crippen LogP contribution >= 0.6 is 0 Å². The zero-order valence-electron chi connectivity index (χ0n) is 17.0. The van der Waals surface area contributed by atoms with Gasteiger partial charge in [-0.15, -0.1) is 0 Å². The number of nitrogens with one attached hydrogen (secondary N) is 1. The maximum absolute atomic E-state index is 13.1. The molecule has 3 heterocycles. The van der Waals surface area contributed by atoms with E-state index in [2.05, 4.69) is 11.4 Å². The number of pyridine rings is 1. The van der Waals surface area contributed by atoms with Gasteiger partial charge in [0, 0.05) is 44.9 Å². The van der Waals surface area contributed by atoms with E-state index in [9.17, 15) is 9.59 Å². The van der Waals surface area contributed by atoms with Crippen molar-refractivity contribution in [2.24, 2.45) is 11.8 Å². The highest BCUT2D eigenvalue weighted by molar-refractivity contribution is 5.76. The first-order chi connectivity index (χ1) is 13.7. The van der Waals surface area contributed by atoms with Crippen molar-refractivity contribution in [3.8, 4) is 0 Å². The maximum atomic E-state index is 13.1. The topological polar surface area (TPSA) is 63.6 Å². The van der Waals surface area contributed by atoms with Gasteiger partial charge in [-0.1, -0.05) is 19.3 Å². The average Bonchev–Trinajstić information content (AvgIpc) is 2.72. The second-order valence-electron chi connectivity index (χ2n) is 8.81. The van der Waals surface area contributed by atoms with Crippen molar-refractivity contribution >= 4 is 11.6 Å². The highest BCUT2D eigenvalue weighted by Crippen LogP contribution is 2.35. The molecule has 1 aromatic rings. The first-order valence-electron chi connectivity index (χ1n) is 10.9. The third-order valence-electron chi connectivity index (χ3n) is 6.78. The lowest BCUT2D eigenvalue weighted by Crippen LogP contribution is -2.49. The van der Waals surface area contributed by atoms with Gasteiger partial charge in [-0.3, -0.25) is 9.59 Å². The molecule has 1 amide bonds. The summed E-state index contributed by atoms with van der Waals surface area (Å²) >= 11 is 0. The van der Waals surface area contributed by atoms with E-state index in [0.717, 1.165) is 37.4 Å². The van der Waals surface area contributed by atoms with Gasteiger partial charge in [0.05, 0.1) is 13.0 Å². The van der Waals surface area contributed by atoms with Crippen molar-refractivity contribution in [1.29, 1.82) is 0 Å². The summed E-state index contributed by atoms with van der Waals surface area (Å²) in [6.07, 6.45) is 8.05. The van der Waals surface area contributed by atoms with Crippen molar-refractivity contribution in [3.05, 3.63) is 28.2 Å². The molecule has 2 atom stereocenters. The van der Waals surface area contributed by atoms with E-state index in [4.69, 9.17) is 4.74 Å². The minimum Gasteiger partial charge on any atom is -0.384 e. The molecule has 6 heteroatoms. The summed E-state index contributed by atoms with van der Waals surface area (Å²) in [7, 11) is 1.63. The van der Waals surface area contributed by atoms with Gasteiger partial charge in [0.25, 0.3) is 5.56 Å². The standard InChI is InChI=1S/C22H33N3O3/c1-28-10-9-21(26)24-13-17-11-18(15-24)20-8-7-19(22(27)25(20)14-17)23-12-16-5-3-2-4-6-16/h7-8,16-18,23H,2-6,9-15H2,1H3. The predicted molar refractivity (Wildman–Crippen MR) is 110 cm³/mol. The Morgan fingerprint density at radius 3 is 2.79 bits per heavy atom. The number of hydrogen-bond donors (Lipinski definition) is 1. The quantitative estimate of drug-likeness (QED) is 0.815. The molecular formula is C22H33N3O3. The number of fused-ring (bicyclic) bond motifs is 4. The van der Waals surface area contributed by atoms with Gasteiger partial charge < -0.3 is 19.5 Å². The van der Waals surface area contributed by atoms with Crippen LogP contribution in [0, 0.1) is 11.8 Å². The number of carbonyl (C=O) groups is 1. The van der Waals surface area contributed by atoms with Gasteiger partial charge in [0.2, 0.25) is 5.91 Å². The molecule has 2 bridgehead atoms. The molecule has 154 valence electrons. The van der Waals surface area contributed by atoms with Gasteiger partial charge in [0.15, 0.2) is 0 Å². The highest BCUT2D eigenvalue weighted by atomic mass is 16.5. The molecule has 0 spiro atoms. The van der Waals surface area contributed by atoms with Crippen LogP contribution in [0.25, 0.3) is 0 Å². The fraction of sp³-hybridized carbons (Fsp3) is 0.727. The van der Waals surface area contributed by atoms with Gasteiger partial charge in [-0.05, 0) is 43.2 Å². The van der Waals surface area contributed by atoms with Crippen molar-refractivity contribution in [3.63, 3.8) is 0 Å². The van der Waals surface area contributed by atoms with Crippen molar-refractivity contribution in [1.82, 2.24) is 9.47 Å². The Labute approximate surface area is 167 Å². The van der Waals surface area contributed by atoms with Crippen LogP contribution in [0.2, 0.25) is 0 Å². The van der Waals surface area contributed by atoms with Gasteiger partial charge in [-0.2, -0.15) is 0 Å². The minimum atomic E-state index is 0.113. The molecular weight excluding hydrogens is 354 g/mol. The number of ether oxygens (including phenoxy) is 1. The number of anilines is 1. The number of nitrogens with zero attached hydrogens (tertiary/aromatic N) is 2.